The Balaban J connectivity index is 1.59. The second-order valence-corrected chi connectivity index (χ2v) is 9.62. The number of aryl methyl sites for hydroxylation is 1. The van der Waals surface area contributed by atoms with Crippen molar-refractivity contribution in [3.8, 4) is 0 Å². The van der Waals surface area contributed by atoms with Gasteiger partial charge in [0.05, 0.1) is 5.39 Å². The first kappa shape index (κ1) is 22.8. The Bertz CT molecular complexity index is 1190. The van der Waals surface area contributed by atoms with Crippen molar-refractivity contribution in [3.63, 3.8) is 0 Å². The van der Waals surface area contributed by atoms with E-state index in [9.17, 15) is 4.79 Å². The van der Waals surface area contributed by atoms with E-state index in [1.165, 1.54) is 35.1 Å². The molecular weight excluding hydrogens is 426 g/mol. The van der Waals surface area contributed by atoms with Crippen LogP contribution in [0.15, 0.2) is 34.9 Å². The van der Waals surface area contributed by atoms with E-state index < -0.39 is 5.97 Å². The highest BCUT2D eigenvalue weighted by molar-refractivity contribution is 6.43. The molecule has 178 valence electrons. The van der Waals surface area contributed by atoms with E-state index in [1.807, 2.05) is 18.2 Å². The molecule has 0 saturated carbocycles. The molecule has 2 aliphatic rings. The summed E-state index contributed by atoms with van der Waals surface area (Å²) < 4.78 is 5.92. The number of hydroxylamine groups is 2. The highest BCUT2D eigenvalue weighted by atomic mass is 16.7. The number of nitrogens with one attached hydrogen (secondary N) is 1. The van der Waals surface area contributed by atoms with Crippen LogP contribution in [0.4, 0.5) is 0 Å². The van der Waals surface area contributed by atoms with Crippen molar-refractivity contribution in [3.05, 3.63) is 63.8 Å². The van der Waals surface area contributed by atoms with Crippen LogP contribution in [0.3, 0.4) is 0 Å². The van der Waals surface area contributed by atoms with Gasteiger partial charge >= 0.3 is 5.97 Å². The first-order valence-electron chi connectivity index (χ1n) is 12.7. The summed E-state index contributed by atoms with van der Waals surface area (Å²) in [5.41, 5.74) is 6.94. The monoisotopic (exact) mass is 459 g/mol. The van der Waals surface area contributed by atoms with Crippen molar-refractivity contribution in [2.45, 2.75) is 71.1 Å². The second kappa shape index (κ2) is 10.1. The fourth-order valence-corrected chi connectivity index (χ4v) is 5.48. The van der Waals surface area contributed by atoms with E-state index in [4.69, 9.17) is 14.8 Å². The Morgan fingerprint density at radius 3 is 2.41 bits per heavy atom. The number of fused-ring (bicyclic) bond motifs is 3. The molecule has 1 fully saturated rings. The van der Waals surface area contributed by atoms with Crippen LogP contribution in [-0.4, -0.2) is 35.0 Å². The highest BCUT2D eigenvalue weighted by Gasteiger charge is 2.29. The van der Waals surface area contributed by atoms with Gasteiger partial charge in [0.15, 0.2) is 11.3 Å². The molecule has 0 radical (unpaired) electrons. The van der Waals surface area contributed by atoms with Crippen LogP contribution >= 0.6 is 0 Å². The van der Waals surface area contributed by atoms with Crippen molar-refractivity contribution < 1.29 is 14.2 Å². The van der Waals surface area contributed by atoms with E-state index >= 15 is 0 Å². The predicted octanol–water partition coefficient (Wildman–Crippen LogP) is 5.70. The average molecular weight is 460 g/mol. The quantitative estimate of drug-likeness (QED) is 0.495. The fourth-order valence-electron chi connectivity index (χ4n) is 5.48. The van der Waals surface area contributed by atoms with Gasteiger partial charge in [-0.2, -0.15) is 0 Å². The fraction of sp³-hybridized carbons (Fsp3) is 0.464. The van der Waals surface area contributed by atoms with Crippen molar-refractivity contribution in [2.24, 2.45) is 0 Å². The Hall–Kier alpha value is -2.99. The van der Waals surface area contributed by atoms with Gasteiger partial charge in [0, 0.05) is 25.1 Å². The maximum absolute atomic E-state index is 12.9. The molecule has 1 aliphatic carbocycles. The second-order valence-electron chi connectivity index (χ2n) is 9.62. The van der Waals surface area contributed by atoms with Gasteiger partial charge in [-0.25, -0.2) is 4.79 Å². The minimum absolute atomic E-state index is 0.219. The van der Waals surface area contributed by atoms with E-state index in [0.29, 0.717) is 24.4 Å². The lowest BCUT2D eigenvalue weighted by Gasteiger charge is -2.24. The van der Waals surface area contributed by atoms with E-state index in [-0.39, 0.29) is 5.71 Å². The van der Waals surface area contributed by atoms with Crippen molar-refractivity contribution in [1.29, 1.82) is 5.41 Å². The molecule has 34 heavy (non-hydrogen) atoms. The molecule has 0 unspecified atom stereocenters. The molecule has 0 bridgehead atoms. The smallest absolute Gasteiger partial charge is 0.363 e. The van der Waals surface area contributed by atoms with Crippen molar-refractivity contribution >= 4 is 22.7 Å². The Morgan fingerprint density at radius 2 is 1.68 bits per heavy atom. The van der Waals surface area contributed by atoms with E-state index in [2.05, 4.69) is 24.2 Å². The molecule has 1 saturated heterocycles. The number of hydrogen-bond acceptors (Lipinski definition) is 6. The lowest BCUT2D eigenvalue weighted by Crippen LogP contribution is -2.35. The Labute approximate surface area is 200 Å². The van der Waals surface area contributed by atoms with Crippen molar-refractivity contribution in [2.75, 3.05) is 13.1 Å². The zero-order valence-electron chi connectivity index (χ0n) is 20.0. The summed E-state index contributed by atoms with van der Waals surface area (Å²) in [6.07, 6.45) is 10.5. The summed E-state index contributed by atoms with van der Waals surface area (Å²) in [7, 11) is 0. The highest BCUT2D eigenvalue weighted by Crippen LogP contribution is 2.37. The Morgan fingerprint density at radius 1 is 1.00 bits per heavy atom. The zero-order valence-corrected chi connectivity index (χ0v) is 20.0. The number of carbonyl (C=O) groups excluding carboxylic acids is 1. The van der Waals surface area contributed by atoms with E-state index in [0.717, 1.165) is 62.3 Å². The van der Waals surface area contributed by atoms with Crippen LogP contribution in [0.5, 0.6) is 0 Å². The topological polar surface area (TPSA) is 79.4 Å². The molecule has 1 aromatic heterocycles. The number of hydrogen-bond donors (Lipinski definition) is 1. The molecule has 5 rings (SSSR count). The molecular formula is C28H33N3O3. The average Bonchev–Trinajstić information content (AvgIpc) is 3.27. The maximum Gasteiger partial charge on any atom is 0.377 e. The molecule has 2 heterocycles. The molecule has 6 nitrogen and oxygen atoms in total. The molecule has 0 amide bonds. The first-order valence-corrected chi connectivity index (χ1v) is 12.7. The standard InChI is InChI=1S/C28H33N3O3/c1-19-21-14-8-2-3-9-15-22(21)24-26(25(29)28(32)34-31-16-10-5-11-17-31)30-33-27(24)23(19)18-20-12-6-4-7-13-20/h4,6-7,12-13,29H,2-3,5,8-11,14-18H2,1H3. The minimum Gasteiger partial charge on any atom is -0.363 e. The van der Waals surface area contributed by atoms with Crippen LogP contribution in [0.2, 0.25) is 0 Å². The van der Waals surface area contributed by atoms with E-state index in [1.54, 1.807) is 5.06 Å². The van der Waals surface area contributed by atoms with Gasteiger partial charge in [-0.05, 0) is 67.7 Å². The molecule has 2 aromatic carbocycles. The number of nitrogens with zero attached hydrogens (tertiary/aromatic N) is 2. The zero-order chi connectivity index (χ0) is 23.5. The summed E-state index contributed by atoms with van der Waals surface area (Å²) in [5, 5.41) is 15.5. The molecule has 3 aromatic rings. The number of aromatic nitrogens is 1. The van der Waals surface area contributed by atoms with Gasteiger partial charge < -0.3 is 9.36 Å². The third-order valence-corrected chi connectivity index (χ3v) is 7.33. The van der Waals surface area contributed by atoms with Gasteiger partial charge in [-0.1, -0.05) is 54.8 Å². The van der Waals surface area contributed by atoms with Gasteiger partial charge in [0.25, 0.3) is 0 Å². The molecule has 0 spiro atoms. The molecule has 1 aliphatic heterocycles. The number of piperidine rings is 1. The normalized spacial score (nSPS) is 17.1. The van der Waals surface area contributed by atoms with Gasteiger partial charge in [-0.3, -0.25) is 5.41 Å². The summed E-state index contributed by atoms with van der Waals surface area (Å²) >= 11 is 0. The first-order chi connectivity index (χ1) is 16.6. The number of rotatable bonds is 5. The lowest BCUT2D eigenvalue weighted by atomic mass is 9.83. The number of benzene rings is 2. The molecule has 1 N–H and O–H groups in total. The van der Waals surface area contributed by atoms with Crippen LogP contribution in [0.25, 0.3) is 11.0 Å². The summed E-state index contributed by atoms with van der Waals surface area (Å²) in [5.74, 6) is -0.651. The maximum atomic E-state index is 12.9. The third kappa shape index (κ3) is 4.51. The summed E-state index contributed by atoms with van der Waals surface area (Å²) in [6.45, 7) is 3.62. The predicted molar refractivity (Wildman–Crippen MR) is 132 cm³/mol. The number of carbonyl (C=O) groups is 1. The van der Waals surface area contributed by atoms with Gasteiger partial charge in [-0.15, -0.1) is 5.06 Å². The minimum atomic E-state index is -0.651. The van der Waals surface area contributed by atoms with Gasteiger partial charge in [0.1, 0.15) is 5.69 Å². The van der Waals surface area contributed by atoms with Crippen molar-refractivity contribution in [1.82, 2.24) is 10.2 Å². The van der Waals surface area contributed by atoms with Gasteiger partial charge in [0.2, 0.25) is 0 Å². The Kier molecular flexibility index (Phi) is 6.77. The third-order valence-electron chi connectivity index (χ3n) is 7.33. The van der Waals surface area contributed by atoms with Crippen LogP contribution in [-0.2, 0) is 28.9 Å². The molecule has 6 heteroatoms. The van der Waals surface area contributed by atoms with Crippen LogP contribution in [0.1, 0.15) is 78.5 Å². The summed E-state index contributed by atoms with van der Waals surface area (Å²) in [4.78, 5) is 18.5. The lowest BCUT2D eigenvalue weighted by molar-refractivity contribution is -0.185. The van der Waals surface area contributed by atoms with Crippen LogP contribution in [0, 0.1) is 12.3 Å². The SMILES string of the molecule is Cc1c2c(c3c(C(=N)C(=O)ON4CCCCC4)noc3c1Cc1ccccc1)CCCCCC2. The molecule has 0 atom stereocenters. The largest absolute Gasteiger partial charge is 0.377 e. The summed E-state index contributed by atoms with van der Waals surface area (Å²) in [6, 6.07) is 10.4. The van der Waals surface area contributed by atoms with Crippen LogP contribution < -0.4 is 0 Å².